The molecule has 1 heterocycles. The Bertz CT molecular complexity index is 548. The lowest BCUT2D eigenvalue weighted by Crippen LogP contribution is -2.36. The van der Waals surface area contributed by atoms with E-state index >= 15 is 0 Å². The van der Waals surface area contributed by atoms with Crippen LogP contribution in [0.3, 0.4) is 0 Å². The van der Waals surface area contributed by atoms with Crippen LogP contribution in [0.5, 0.6) is 0 Å². The predicted molar refractivity (Wildman–Crippen MR) is 83.8 cm³/mol. The number of nitrogens with zero attached hydrogens (tertiary/aromatic N) is 1. The van der Waals surface area contributed by atoms with Crippen LogP contribution in [-0.4, -0.2) is 24.7 Å². The molecule has 0 saturated carbocycles. The molecule has 0 aliphatic rings. The van der Waals surface area contributed by atoms with E-state index in [1.807, 2.05) is 12.3 Å². The first-order chi connectivity index (χ1) is 9.69. The van der Waals surface area contributed by atoms with Gasteiger partial charge in [-0.15, -0.1) is 0 Å². The Morgan fingerprint density at radius 1 is 1.20 bits per heavy atom. The maximum atomic E-state index is 5.75. The summed E-state index contributed by atoms with van der Waals surface area (Å²) in [6.07, 6.45) is 1.98. The van der Waals surface area contributed by atoms with E-state index in [0.29, 0.717) is 5.92 Å². The van der Waals surface area contributed by atoms with Gasteiger partial charge in [-0.2, -0.15) is 0 Å². The molecule has 3 heteroatoms. The number of nitrogens with one attached hydrogen (secondary N) is 1. The average molecular weight is 272 g/mol. The molecule has 2 rings (SSSR count). The smallest absolute Gasteiger partial charge is 0.0788 e. The Balaban J connectivity index is 2.51. The zero-order chi connectivity index (χ0) is 14.5. The molecule has 1 aromatic heterocycles. The summed E-state index contributed by atoms with van der Waals surface area (Å²) >= 11 is 0. The summed E-state index contributed by atoms with van der Waals surface area (Å²) in [4.78, 5) is 4.45. The van der Waals surface area contributed by atoms with Crippen LogP contribution >= 0.6 is 0 Å². The number of likely N-dealkylation sites (N-methyl/N-ethyl adjacent to an activating group) is 1. The van der Waals surface area contributed by atoms with Crippen molar-refractivity contribution in [3.05, 3.63) is 42.1 Å². The number of methoxy groups -OCH3 is 1. The second kappa shape index (κ2) is 6.82. The summed E-state index contributed by atoms with van der Waals surface area (Å²) in [6.45, 7) is 7.43. The third-order valence-electron chi connectivity index (χ3n) is 3.70. The first-order valence-corrected chi connectivity index (χ1v) is 7.28. The van der Waals surface area contributed by atoms with Gasteiger partial charge in [-0.05, 0) is 30.2 Å². The van der Waals surface area contributed by atoms with Gasteiger partial charge >= 0.3 is 0 Å². The zero-order valence-electron chi connectivity index (χ0n) is 12.8. The molecule has 3 nitrogen and oxygen atoms in total. The van der Waals surface area contributed by atoms with Crippen LogP contribution in [0.2, 0.25) is 0 Å². The lowest BCUT2D eigenvalue weighted by molar-refractivity contribution is 0.0335. The fourth-order valence-corrected chi connectivity index (χ4v) is 2.81. The SMILES string of the molecule is CCNC(c1cccc2ncccc12)C(OC)C(C)C. The third kappa shape index (κ3) is 3.00. The van der Waals surface area contributed by atoms with E-state index in [0.717, 1.165) is 12.1 Å². The Labute approximate surface area is 121 Å². The monoisotopic (exact) mass is 272 g/mol. The molecule has 1 aromatic carbocycles. The Morgan fingerprint density at radius 3 is 2.65 bits per heavy atom. The van der Waals surface area contributed by atoms with Gasteiger partial charge in [0.15, 0.2) is 0 Å². The van der Waals surface area contributed by atoms with Gasteiger partial charge in [-0.3, -0.25) is 4.98 Å². The fraction of sp³-hybridized carbons (Fsp3) is 0.471. The van der Waals surface area contributed by atoms with E-state index in [1.165, 1.54) is 10.9 Å². The standard InChI is InChI=1S/C17H24N2O/c1-5-18-16(17(20-4)12(2)3)14-8-6-10-15-13(14)9-7-11-19-15/h6-12,16-18H,5H2,1-4H3. The normalized spacial score (nSPS) is 14.7. The summed E-state index contributed by atoms with van der Waals surface area (Å²) < 4.78 is 5.75. The number of pyridine rings is 1. The van der Waals surface area contributed by atoms with Crippen LogP contribution in [0, 0.1) is 5.92 Å². The molecule has 0 bridgehead atoms. The Morgan fingerprint density at radius 2 is 2.00 bits per heavy atom. The van der Waals surface area contributed by atoms with Gasteiger partial charge in [0, 0.05) is 18.7 Å². The predicted octanol–water partition coefficient (Wildman–Crippen LogP) is 3.56. The topological polar surface area (TPSA) is 34.2 Å². The minimum absolute atomic E-state index is 0.140. The van der Waals surface area contributed by atoms with Crippen molar-refractivity contribution in [2.24, 2.45) is 5.92 Å². The Hall–Kier alpha value is -1.45. The highest BCUT2D eigenvalue weighted by Gasteiger charge is 2.26. The van der Waals surface area contributed by atoms with Gasteiger partial charge in [0.25, 0.3) is 0 Å². The van der Waals surface area contributed by atoms with Gasteiger partial charge in [0.1, 0.15) is 0 Å². The highest BCUT2D eigenvalue weighted by molar-refractivity contribution is 5.82. The van der Waals surface area contributed by atoms with Crippen LogP contribution in [0.4, 0.5) is 0 Å². The van der Waals surface area contributed by atoms with Gasteiger partial charge in [0.2, 0.25) is 0 Å². The van der Waals surface area contributed by atoms with Crippen molar-refractivity contribution in [1.82, 2.24) is 10.3 Å². The molecular formula is C17H24N2O. The molecule has 1 N–H and O–H groups in total. The third-order valence-corrected chi connectivity index (χ3v) is 3.70. The first kappa shape index (κ1) is 14.9. The van der Waals surface area contributed by atoms with Crippen molar-refractivity contribution >= 4 is 10.9 Å². The zero-order valence-corrected chi connectivity index (χ0v) is 12.8. The molecule has 0 aliphatic heterocycles. The van der Waals surface area contributed by atoms with Crippen molar-refractivity contribution in [1.29, 1.82) is 0 Å². The maximum absolute atomic E-state index is 5.75. The molecule has 0 radical (unpaired) electrons. The van der Waals surface area contributed by atoms with E-state index in [-0.39, 0.29) is 12.1 Å². The van der Waals surface area contributed by atoms with Crippen LogP contribution in [0.1, 0.15) is 32.4 Å². The van der Waals surface area contributed by atoms with Crippen molar-refractivity contribution in [2.45, 2.75) is 32.9 Å². The number of fused-ring (bicyclic) bond motifs is 1. The number of aromatic nitrogens is 1. The number of rotatable bonds is 6. The number of hydrogen-bond donors (Lipinski definition) is 1. The summed E-state index contributed by atoms with van der Waals surface area (Å²) in [5, 5.41) is 4.77. The quantitative estimate of drug-likeness (QED) is 0.873. The molecule has 20 heavy (non-hydrogen) atoms. The lowest BCUT2D eigenvalue weighted by atomic mass is 9.91. The average Bonchev–Trinajstić information content (AvgIpc) is 2.46. The summed E-state index contributed by atoms with van der Waals surface area (Å²) in [7, 11) is 1.79. The van der Waals surface area contributed by atoms with Gasteiger partial charge in [-0.25, -0.2) is 0 Å². The first-order valence-electron chi connectivity index (χ1n) is 7.28. The van der Waals surface area contributed by atoms with Crippen molar-refractivity contribution in [3.8, 4) is 0 Å². The van der Waals surface area contributed by atoms with Crippen LogP contribution in [0.15, 0.2) is 36.5 Å². The highest BCUT2D eigenvalue weighted by atomic mass is 16.5. The summed E-state index contributed by atoms with van der Waals surface area (Å²) in [6, 6.07) is 10.6. The van der Waals surface area contributed by atoms with Crippen LogP contribution in [0.25, 0.3) is 10.9 Å². The van der Waals surface area contributed by atoms with Gasteiger partial charge < -0.3 is 10.1 Å². The molecule has 108 valence electrons. The largest absolute Gasteiger partial charge is 0.379 e. The molecule has 0 aliphatic carbocycles. The second-order valence-electron chi connectivity index (χ2n) is 5.40. The molecule has 2 unspecified atom stereocenters. The number of hydrogen-bond acceptors (Lipinski definition) is 3. The fourth-order valence-electron chi connectivity index (χ4n) is 2.81. The molecule has 0 spiro atoms. The van der Waals surface area contributed by atoms with E-state index in [9.17, 15) is 0 Å². The van der Waals surface area contributed by atoms with E-state index in [2.05, 4.69) is 55.3 Å². The minimum Gasteiger partial charge on any atom is -0.379 e. The molecule has 0 amide bonds. The summed E-state index contributed by atoms with van der Waals surface area (Å²) in [5.41, 5.74) is 2.30. The molecule has 0 fully saturated rings. The molecule has 0 saturated heterocycles. The summed E-state index contributed by atoms with van der Waals surface area (Å²) in [5.74, 6) is 0.441. The van der Waals surface area contributed by atoms with E-state index in [1.54, 1.807) is 7.11 Å². The van der Waals surface area contributed by atoms with E-state index in [4.69, 9.17) is 4.74 Å². The van der Waals surface area contributed by atoms with Crippen LogP contribution in [-0.2, 0) is 4.74 Å². The van der Waals surface area contributed by atoms with Crippen molar-refractivity contribution in [2.75, 3.05) is 13.7 Å². The highest BCUT2D eigenvalue weighted by Crippen LogP contribution is 2.29. The van der Waals surface area contributed by atoms with Gasteiger partial charge in [-0.1, -0.05) is 39.0 Å². The lowest BCUT2D eigenvalue weighted by Gasteiger charge is -2.30. The van der Waals surface area contributed by atoms with E-state index < -0.39 is 0 Å². The molecule has 2 atom stereocenters. The van der Waals surface area contributed by atoms with Crippen molar-refractivity contribution < 1.29 is 4.74 Å². The second-order valence-corrected chi connectivity index (χ2v) is 5.40. The molecular weight excluding hydrogens is 248 g/mol. The number of ether oxygens (including phenoxy) is 1. The minimum atomic E-state index is 0.140. The van der Waals surface area contributed by atoms with Crippen LogP contribution < -0.4 is 5.32 Å². The van der Waals surface area contributed by atoms with Crippen molar-refractivity contribution in [3.63, 3.8) is 0 Å². The Kier molecular flexibility index (Phi) is 5.10. The molecule has 2 aromatic rings. The van der Waals surface area contributed by atoms with Gasteiger partial charge in [0.05, 0.1) is 17.7 Å². The maximum Gasteiger partial charge on any atom is 0.0788 e. The number of benzene rings is 1.